The molecule has 0 aromatic carbocycles. The van der Waals surface area contributed by atoms with E-state index in [2.05, 4.69) is 22.3 Å². The summed E-state index contributed by atoms with van der Waals surface area (Å²) in [4.78, 5) is 18.9. The van der Waals surface area contributed by atoms with Gasteiger partial charge < -0.3 is 10.2 Å². The molecule has 0 radical (unpaired) electrons. The topological polar surface area (TPSA) is 63.1 Å². The van der Waals surface area contributed by atoms with Crippen LogP contribution in [0, 0.1) is 0 Å². The molecule has 1 atom stereocenters. The fourth-order valence-corrected chi connectivity index (χ4v) is 2.85. The van der Waals surface area contributed by atoms with Gasteiger partial charge in [0.15, 0.2) is 0 Å². The summed E-state index contributed by atoms with van der Waals surface area (Å²) >= 11 is 0. The SMILES string of the molecule is CC(CCn1cccn1)Nc1ncccc1C(=O)N1CCCC1. The number of pyridine rings is 1. The van der Waals surface area contributed by atoms with E-state index < -0.39 is 0 Å². The molecule has 2 aromatic rings. The second-order valence-electron chi connectivity index (χ2n) is 6.00. The molecular formula is C17H23N5O. The molecule has 1 aliphatic rings. The maximum atomic E-state index is 12.6. The second kappa shape index (κ2) is 7.26. The van der Waals surface area contributed by atoms with Crippen molar-refractivity contribution in [3.05, 3.63) is 42.4 Å². The number of anilines is 1. The van der Waals surface area contributed by atoms with E-state index in [0.717, 1.165) is 38.9 Å². The van der Waals surface area contributed by atoms with Crippen molar-refractivity contribution in [2.45, 2.75) is 38.8 Å². The van der Waals surface area contributed by atoms with Crippen LogP contribution in [0.15, 0.2) is 36.8 Å². The maximum absolute atomic E-state index is 12.6. The van der Waals surface area contributed by atoms with E-state index in [9.17, 15) is 4.79 Å². The summed E-state index contributed by atoms with van der Waals surface area (Å²) in [6.45, 7) is 4.63. The van der Waals surface area contributed by atoms with Crippen LogP contribution in [-0.4, -0.2) is 44.7 Å². The molecule has 1 saturated heterocycles. The van der Waals surface area contributed by atoms with E-state index in [4.69, 9.17) is 0 Å². The molecule has 3 rings (SSSR count). The molecule has 1 unspecified atom stereocenters. The van der Waals surface area contributed by atoms with Gasteiger partial charge in [-0.2, -0.15) is 5.10 Å². The Kier molecular flexibility index (Phi) is 4.90. The molecule has 0 aliphatic carbocycles. The standard InChI is InChI=1S/C17H23N5O/c1-14(7-13-22-12-5-9-19-22)20-16-15(6-4-8-18-16)17(23)21-10-2-3-11-21/h4-6,8-9,12,14H,2-3,7,10-11,13H2,1H3,(H,18,20). The zero-order valence-corrected chi connectivity index (χ0v) is 13.5. The summed E-state index contributed by atoms with van der Waals surface area (Å²) in [7, 11) is 0. The van der Waals surface area contributed by atoms with Gasteiger partial charge in [0, 0.05) is 44.3 Å². The zero-order valence-electron chi connectivity index (χ0n) is 13.5. The Morgan fingerprint density at radius 1 is 1.30 bits per heavy atom. The average Bonchev–Trinajstić information content (AvgIpc) is 3.26. The van der Waals surface area contributed by atoms with E-state index in [-0.39, 0.29) is 11.9 Å². The molecule has 1 fully saturated rings. The van der Waals surface area contributed by atoms with Crippen molar-refractivity contribution in [3.63, 3.8) is 0 Å². The first-order valence-corrected chi connectivity index (χ1v) is 8.22. The lowest BCUT2D eigenvalue weighted by Crippen LogP contribution is -2.29. The Morgan fingerprint density at radius 3 is 2.87 bits per heavy atom. The summed E-state index contributed by atoms with van der Waals surface area (Å²) < 4.78 is 1.91. The minimum absolute atomic E-state index is 0.0809. The maximum Gasteiger partial charge on any atom is 0.257 e. The van der Waals surface area contributed by atoms with Crippen molar-refractivity contribution in [1.82, 2.24) is 19.7 Å². The first kappa shape index (κ1) is 15.5. The van der Waals surface area contributed by atoms with Crippen LogP contribution in [0.3, 0.4) is 0 Å². The van der Waals surface area contributed by atoms with Crippen LogP contribution in [0.5, 0.6) is 0 Å². The molecule has 0 spiro atoms. The van der Waals surface area contributed by atoms with E-state index in [1.807, 2.05) is 34.0 Å². The minimum Gasteiger partial charge on any atom is -0.367 e. The van der Waals surface area contributed by atoms with E-state index >= 15 is 0 Å². The summed E-state index contributed by atoms with van der Waals surface area (Å²) in [5.41, 5.74) is 0.667. The van der Waals surface area contributed by atoms with Crippen molar-refractivity contribution >= 4 is 11.7 Å². The number of nitrogens with zero attached hydrogens (tertiary/aromatic N) is 4. The predicted octanol–water partition coefficient (Wildman–Crippen LogP) is 2.40. The third-order valence-corrected chi connectivity index (χ3v) is 4.16. The monoisotopic (exact) mass is 313 g/mol. The van der Waals surface area contributed by atoms with Gasteiger partial charge in [0.1, 0.15) is 5.82 Å². The first-order chi connectivity index (χ1) is 11.2. The third kappa shape index (κ3) is 3.88. The molecule has 3 heterocycles. The fourth-order valence-electron chi connectivity index (χ4n) is 2.85. The minimum atomic E-state index is 0.0809. The summed E-state index contributed by atoms with van der Waals surface area (Å²) in [6.07, 6.45) is 8.56. The molecular weight excluding hydrogens is 290 g/mol. The van der Waals surface area contributed by atoms with Crippen molar-refractivity contribution in [2.24, 2.45) is 0 Å². The van der Waals surface area contributed by atoms with Gasteiger partial charge in [0.05, 0.1) is 5.56 Å². The molecule has 1 amide bonds. The Balaban J connectivity index is 1.63. The highest BCUT2D eigenvalue weighted by Gasteiger charge is 2.22. The number of nitrogens with one attached hydrogen (secondary N) is 1. The van der Waals surface area contributed by atoms with Gasteiger partial charge in [-0.25, -0.2) is 4.98 Å². The van der Waals surface area contributed by atoms with Crippen LogP contribution < -0.4 is 5.32 Å². The number of amides is 1. The fraction of sp³-hybridized carbons (Fsp3) is 0.471. The quantitative estimate of drug-likeness (QED) is 0.889. The molecule has 1 aliphatic heterocycles. The lowest BCUT2D eigenvalue weighted by Gasteiger charge is -2.20. The van der Waals surface area contributed by atoms with Gasteiger partial charge in [0.25, 0.3) is 5.91 Å². The Bertz CT molecular complexity index is 634. The summed E-state index contributed by atoms with van der Waals surface area (Å²) in [6, 6.07) is 5.81. The first-order valence-electron chi connectivity index (χ1n) is 8.22. The van der Waals surface area contributed by atoms with Crippen LogP contribution >= 0.6 is 0 Å². The highest BCUT2D eigenvalue weighted by Crippen LogP contribution is 2.19. The predicted molar refractivity (Wildman–Crippen MR) is 89.3 cm³/mol. The van der Waals surface area contributed by atoms with Gasteiger partial charge in [-0.05, 0) is 44.4 Å². The number of carbonyl (C=O) groups excluding carboxylic acids is 1. The van der Waals surface area contributed by atoms with E-state index in [1.165, 1.54) is 0 Å². The molecule has 122 valence electrons. The zero-order chi connectivity index (χ0) is 16.1. The van der Waals surface area contributed by atoms with E-state index in [0.29, 0.717) is 11.4 Å². The number of hydrogen-bond donors (Lipinski definition) is 1. The molecule has 0 bridgehead atoms. The number of rotatable bonds is 6. The Hall–Kier alpha value is -2.37. The normalized spacial score (nSPS) is 15.6. The van der Waals surface area contributed by atoms with Gasteiger partial charge in [-0.3, -0.25) is 9.48 Å². The molecule has 23 heavy (non-hydrogen) atoms. The number of likely N-dealkylation sites (tertiary alicyclic amines) is 1. The Morgan fingerprint density at radius 2 is 2.13 bits per heavy atom. The van der Waals surface area contributed by atoms with Crippen LogP contribution in [0.25, 0.3) is 0 Å². The van der Waals surface area contributed by atoms with Crippen LogP contribution in [0.2, 0.25) is 0 Å². The molecule has 0 saturated carbocycles. The number of hydrogen-bond acceptors (Lipinski definition) is 4. The van der Waals surface area contributed by atoms with Gasteiger partial charge in [-0.15, -0.1) is 0 Å². The lowest BCUT2D eigenvalue weighted by atomic mass is 10.2. The second-order valence-corrected chi connectivity index (χ2v) is 6.00. The van der Waals surface area contributed by atoms with Crippen LogP contribution in [0.4, 0.5) is 5.82 Å². The largest absolute Gasteiger partial charge is 0.367 e. The highest BCUT2D eigenvalue weighted by molar-refractivity contribution is 5.98. The number of carbonyl (C=O) groups is 1. The van der Waals surface area contributed by atoms with Crippen molar-refractivity contribution in [1.29, 1.82) is 0 Å². The van der Waals surface area contributed by atoms with Crippen molar-refractivity contribution in [3.8, 4) is 0 Å². The number of aromatic nitrogens is 3. The van der Waals surface area contributed by atoms with Crippen LogP contribution in [0.1, 0.15) is 36.5 Å². The summed E-state index contributed by atoms with van der Waals surface area (Å²) in [5, 5.41) is 7.58. The van der Waals surface area contributed by atoms with Crippen molar-refractivity contribution in [2.75, 3.05) is 18.4 Å². The molecule has 2 aromatic heterocycles. The Labute approximate surface area is 136 Å². The summed E-state index contributed by atoms with van der Waals surface area (Å²) in [5.74, 6) is 0.759. The van der Waals surface area contributed by atoms with Gasteiger partial charge in [0.2, 0.25) is 0 Å². The third-order valence-electron chi connectivity index (χ3n) is 4.16. The van der Waals surface area contributed by atoms with E-state index in [1.54, 1.807) is 12.4 Å². The lowest BCUT2D eigenvalue weighted by molar-refractivity contribution is 0.0793. The smallest absolute Gasteiger partial charge is 0.257 e. The van der Waals surface area contributed by atoms with Gasteiger partial charge in [-0.1, -0.05) is 0 Å². The van der Waals surface area contributed by atoms with Gasteiger partial charge >= 0.3 is 0 Å². The molecule has 6 nitrogen and oxygen atoms in total. The highest BCUT2D eigenvalue weighted by atomic mass is 16.2. The number of aryl methyl sites for hydroxylation is 1. The van der Waals surface area contributed by atoms with Crippen LogP contribution in [-0.2, 0) is 6.54 Å². The van der Waals surface area contributed by atoms with Crippen molar-refractivity contribution < 1.29 is 4.79 Å². The molecule has 6 heteroatoms. The average molecular weight is 313 g/mol. The molecule has 1 N–H and O–H groups in total.